The van der Waals surface area contributed by atoms with Gasteiger partial charge in [-0.05, 0) is 0 Å². The van der Waals surface area contributed by atoms with Gasteiger partial charge in [0.15, 0.2) is 0 Å². The van der Waals surface area contributed by atoms with Crippen LogP contribution in [0.3, 0.4) is 0 Å². The van der Waals surface area contributed by atoms with Crippen molar-refractivity contribution in [3.05, 3.63) is 0 Å². The molecule has 84 valence electrons. The van der Waals surface area contributed by atoms with E-state index in [-0.39, 0.29) is 0 Å². The second-order valence-electron chi connectivity index (χ2n) is 1.77. The molecule has 0 aliphatic heterocycles. The van der Waals surface area contributed by atoms with E-state index in [9.17, 15) is 8.42 Å². The van der Waals surface area contributed by atoms with Crippen molar-refractivity contribution in [2.75, 3.05) is 0 Å². The summed E-state index contributed by atoms with van der Waals surface area (Å²) in [5.74, 6) is 0. The first-order valence-corrected chi connectivity index (χ1v) is 16.5. The number of halogens is 8. The molecule has 13 heteroatoms. The quantitative estimate of drug-likeness (QED) is 0.483. The molecule has 0 aromatic carbocycles. The summed E-state index contributed by atoms with van der Waals surface area (Å²) in [5, 5.41) is 0. The van der Waals surface area contributed by atoms with Crippen molar-refractivity contribution in [2.24, 2.45) is 0 Å². The van der Waals surface area contributed by atoms with Crippen molar-refractivity contribution < 1.29 is 8.42 Å². The van der Waals surface area contributed by atoms with E-state index in [1.165, 1.54) is 0 Å². The minimum atomic E-state index is -5.17. The van der Waals surface area contributed by atoms with Crippen LogP contribution >= 0.6 is 96.4 Å². The molecular formula is Cl8O2P2S. The molecule has 2 nitrogen and oxygen atoms in total. The third-order valence-electron chi connectivity index (χ3n) is 0.698. The SMILES string of the molecule is O=S(=O)(P(Cl)(Cl)(Cl)Cl)P(Cl)(Cl)(Cl)Cl. The van der Waals surface area contributed by atoms with E-state index in [2.05, 4.69) is 0 Å². The fourth-order valence-electron chi connectivity index (χ4n) is 0.187. The number of hydrogen-bond donors (Lipinski definition) is 0. The third kappa shape index (κ3) is 3.54. The molecule has 0 heterocycles. The zero-order valence-corrected chi connectivity index (χ0v) is 13.8. The summed E-state index contributed by atoms with van der Waals surface area (Å²) in [6.07, 6.45) is 0. The van der Waals surface area contributed by atoms with Gasteiger partial charge in [-0.15, -0.1) is 0 Å². The van der Waals surface area contributed by atoms with Gasteiger partial charge in [0.25, 0.3) is 0 Å². The van der Waals surface area contributed by atoms with E-state index in [0.29, 0.717) is 0 Å². The van der Waals surface area contributed by atoms with Crippen LogP contribution in [-0.4, -0.2) is 8.42 Å². The van der Waals surface area contributed by atoms with Crippen LogP contribution in [-0.2, 0) is 9.08 Å². The fourth-order valence-corrected chi connectivity index (χ4v) is 45.4. The summed E-state index contributed by atoms with van der Waals surface area (Å²) in [7, 11) is -4.83. The van der Waals surface area contributed by atoms with Crippen LogP contribution in [0.5, 0.6) is 0 Å². The molecule has 0 aromatic rings. The van der Waals surface area contributed by atoms with Gasteiger partial charge in [-0.3, -0.25) is 0 Å². The summed E-state index contributed by atoms with van der Waals surface area (Å²) < 4.78 is 12.4. The van der Waals surface area contributed by atoms with Gasteiger partial charge in [-0.25, -0.2) is 0 Å². The number of rotatable bonds is 2. The monoisotopic (exact) mass is 406 g/mol. The Hall–Kier alpha value is 3.13. The Morgan fingerprint density at radius 3 is 0.769 bits per heavy atom. The Balaban J connectivity index is 5.85. The first kappa shape index (κ1) is 16.1. The molecule has 0 fully saturated rings. The fraction of sp³-hybridized carbons (Fsp3) is 0. The molecule has 0 N–H and O–H groups in total. The second kappa shape index (κ2) is 3.56. The molecule has 0 spiro atoms. The van der Waals surface area contributed by atoms with Crippen LogP contribution in [0.1, 0.15) is 0 Å². The first-order chi connectivity index (χ1) is 5.02. The van der Waals surface area contributed by atoms with E-state index < -0.39 is 15.5 Å². The summed E-state index contributed by atoms with van der Waals surface area (Å²) >= 11 is 41.5. The topological polar surface area (TPSA) is 34.1 Å². The van der Waals surface area contributed by atoms with Gasteiger partial charge in [0.1, 0.15) is 0 Å². The zero-order valence-electron chi connectivity index (χ0n) is 5.14. The van der Waals surface area contributed by atoms with E-state index in [1.807, 2.05) is 0 Å². The van der Waals surface area contributed by atoms with Gasteiger partial charge in [0.05, 0.1) is 0 Å². The summed E-state index contributed by atoms with van der Waals surface area (Å²) in [4.78, 5) is 0. The van der Waals surface area contributed by atoms with Gasteiger partial charge in [-0.2, -0.15) is 0 Å². The minimum absolute atomic E-state index is 4.83. The van der Waals surface area contributed by atoms with E-state index in [0.717, 1.165) is 0 Å². The Kier molecular flexibility index (Phi) is 4.42. The van der Waals surface area contributed by atoms with Gasteiger partial charge in [0, 0.05) is 0 Å². The average Bonchev–Trinajstić information content (AvgIpc) is 1.52. The van der Waals surface area contributed by atoms with E-state index >= 15 is 0 Å². The van der Waals surface area contributed by atoms with Crippen molar-refractivity contribution >= 4 is 105 Å². The first-order valence-electron chi connectivity index (χ1n) is 2.05. The van der Waals surface area contributed by atoms with Crippen LogP contribution in [0.4, 0.5) is 0 Å². The van der Waals surface area contributed by atoms with Crippen molar-refractivity contribution in [2.45, 2.75) is 0 Å². The summed E-state index contributed by atoms with van der Waals surface area (Å²) in [6.45, 7) is 0. The van der Waals surface area contributed by atoms with Crippen LogP contribution in [0.25, 0.3) is 0 Å². The molecule has 0 unspecified atom stereocenters. The van der Waals surface area contributed by atoms with Crippen molar-refractivity contribution in [3.63, 3.8) is 0 Å². The molecule has 0 radical (unpaired) electrons. The van der Waals surface area contributed by atoms with Gasteiger partial charge < -0.3 is 0 Å². The maximum atomic E-state index is 11.4. The predicted molar refractivity (Wildman–Crippen MR) is 69.6 cm³/mol. The van der Waals surface area contributed by atoms with Crippen molar-refractivity contribution in [3.8, 4) is 0 Å². The van der Waals surface area contributed by atoms with Crippen LogP contribution < -0.4 is 0 Å². The van der Waals surface area contributed by atoms with Crippen molar-refractivity contribution in [1.29, 1.82) is 0 Å². The number of hydrogen-bond acceptors (Lipinski definition) is 2. The summed E-state index contributed by atoms with van der Waals surface area (Å²) in [6, 6.07) is 0. The zero-order chi connectivity index (χ0) is 11.4. The molecule has 0 aliphatic carbocycles. The molecule has 0 amide bonds. The van der Waals surface area contributed by atoms with E-state index in [4.69, 9.17) is 89.9 Å². The molecule has 0 atom stereocenters. The van der Waals surface area contributed by atoms with Crippen molar-refractivity contribution in [1.82, 2.24) is 0 Å². The molecule has 0 aromatic heterocycles. The standard InChI is InChI=1S/Cl8O2P2S/c1-11(2,3,4)13(9,10)12(5,6,7)8. The Labute approximate surface area is 113 Å². The normalized spacial score (nSPS) is 21.2. The Morgan fingerprint density at radius 1 is 0.615 bits per heavy atom. The molecule has 13 heavy (non-hydrogen) atoms. The molecule has 0 rings (SSSR count). The third-order valence-corrected chi connectivity index (χ3v) is 32.2. The van der Waals surface area contributed by atoms with Gasteiger partial charge >= 0.3 is 114 Å². The molecule has 0 saturated carbocycles. The average molecular weight is 410 g/mol. The van der Waals surface area contributed by atoms with Gasteiger partial charge in [0.2, 0.25) is 0 Å². The molecular weight excluding hydrogens is 410 g/mol. The van der Waals surface area contributed by atoms with Crippen LogP contribution in [0, 0.1) is 0 Å². The Morgan fingerprint density at radius 2 is 0.769 bits per heavy atom. The predicted octanol–water partition coefficient (Wildman–Crippen LogP) is 6.57. The molecule has 0 bridgehead atoms. The van der Waals surface area contributed by atoms with Gasteiger partial charge in [-0.1, -0.05) is 0 Å². The maximum absolute atomic E-state index is 11.4. The molecule has 0 saturated heterocycles. The second-order valence-corrected chi connectivity index (χ2v) is 40.7. The van der Waals surface area contributed by atoms with Crippen LogP contribution in [0.2, 0.25) is 0 Å². The molecule has 0 aliphatic rings. The van der Waals surface area contributed by atoms with E-state index in [1.54, 1.807) is 0 Å². The van der Waals surface area contributed by atoms with Crippen LogP contribution in [0.15, 0.2) is 0 Å². The Bertz CT molecular complexity index is 278. The summed E-state index contributed by atoms with van der Waals surface area (Å²) in [5.41, 5.74) is 0.